The molecular weight excluding hydrogens is 475 g/mol. The van der Waals surface area contributed by atoms with Crippen LogP contribution in [0.15, 0.2) is 47.6 Å². The van der Waals surface area contributed by atoms with Crippen LogP contribution in [0.3, 0.4) is 0 Å². The summed E-state index contributed by atoms with van der Waals surface area (Å²) >= 11 is 20.0. The van der Waals surface area contributed by atoms with E-state index in [1.54, 1.807) is 42.1 Å². The van der Waals surface area contributed by atoms with E-state index in [9.17, 15) is 4.79 Å². The Hall–Kier alpha value is -1.73. The molecule has 0 saturated carbocycles. The minimum absolute atomic E-state index is 0.101. The van der Waals surface area contributed by atoms with Crippen molar-refractivity contribution >= 4 is 52.5 Å². The largest absolute Gasteiger partial charge is 0.342 e. The van der Waals surface area contributed by atoms with E-state index in [-0.39, 0.29) is 17.9 Å². The molecule has 0 aliphatic carbocycles. The lowest BCUT2D eigenvalue weighted by Crippen LogP contribution is -2.34. The van der Waals surface area contributed by atoms with Crippen LogP contribution in [-0.2, 0) is 12.3 Å². The minimum Gasteiger partial charge on any atom is -0.342 e. The summed E-state index contributed by atoms with van der Waals surface area (Å²) in [7, 11) is 0. The van der Waals surface area contributed by atoms with Crippen molar-refractivity contribution < 1.29 is 4.79 Å². The first-order valence-electron chi connectivity index (χ1n) is 9.87. The minimum atomic E-state index is -0.315. The van der Waals surface area contributed by atoms with Crippen LogP contribution in [0.4, 0.5) is 0 Å². The van der Waals surface area contributed by atoms with E-state index in [1.807, 2.05) is 37.5 Å². The van der Waals surface area contributed by atoms with Crippen molar-refractivity contribution in [1.29, 1.82) is 0 Å². The van der Waals surface area contributed by atoms with Crippen molar-refractivity contribution in [3.63, 3.8) is 0 Å². The number of nitrogens with one attached hydrogen (secondary N) is 1. The Labute approximate surface area is 201 Å². The van der Waals surface area contributed by atoms with Gasteiger partial charge >= 0.3 is 0 Å². The molecule has 1 amide bonds. The van der Waals surface area contributed by atoms with E-state index in [2.05, 4.69) is 15.5 Å². The second kappa shape index (κ2) is 10.7. The Morgan fingerprint density at radius 2 is 1.84 bits per heavy atom. The molecule has 31 heavy (non-hydrogen) atoms. The van der Waals surface area contributed by atoms with Crippen molar-refractivity contribution in [1.82, 2.24) is 20.1 Å². The zero-order valence-corrected chi connectivity index (χ0v) is 20.5. The molecule has 0 aliphatic rings. The molecule has 0 unspecified atom stereocenters. The molecule has 0 radical (unpaired) electrons. The number of carbonyl (C=O) groups is 1. The van der Waals surface area contributed by atoms with Gasteiger partial charge in [0, 0.05) is 22.3 Å². The third-order valence-corrected chi connectivity index (χ3v) is 6.72. The van der Waals surface area contributed by atoms with Gasteiger partial charge in [-0.15, -0.1) is 10.2 Å². The summed E-state index contributed by atoms with van der Waals surface area (Å²) in [5.41, 5.74) is 1.40. The fraction of sp³-hybridized carbons (Fsp3) is 0.318. The van der Waals surface area contributed by atoms with E-state index >= 15 is 0 Å². The summed E-state index contributed by atoms with van der Waals surface area (Å²) in [6, 6.07) is 12.1. The van der Waals surface area contributed by atoms with Crippen LogP contribution in [0.1, 0.15) is 48.6 Å². The summed E-state index contributed by atoms with van der Waals surface area (Å²) < 4.78 is 2.02. The number of carbonyl (C=O) groups excluding carboxylic acids is 1. The quantitative estimate of drug-likeness (QED) is 0.353. The summed E-state index contributed by atoms with van der Waals surface area (Å²) in [5.74, 6) is 1.20. The van der Waals surface area contributed by atoms with E-state index in [0.29, 0.717) is 38.8 Å². The van der Waals surface area contributed by atoms with Gasteiger partial charge in [-0.25, -0.2) is 0 Å². The first-order chi connectivity index (χ1) is 14.8. The number of hydrogen-bond donors (Lipinski definition) is 1. The highest BCUT2D eigenvalue weighted by Crippen LogP contribution is 2.30. The van der Waals surface area contributed by atoms with Gasteiger partial charge in [0.25, 0.3) is 5.91 Å². The Morgan fingerprint density at radius 3 is 2.48 bits per heavy atom. The summed E-state index contributed by atoms with van der Waals surface area (Å²) in [5, 5.41) is 14.3. The second-order valence-corrected chi connectivity index (χ2v) is 9.48. The molecule has 0 aliphatic heterocycles. The van der Waals surface area contributed by atoms with Crippen LogP contribution in [0.2, 0.25) is 15.1 Å². The maximum Gasteiger partial charge on any atom is 0.253 e. The number of benzene rings is 2. The molecule has 5 nitrogen and oxygen atoms in total. The summed E-state index contributed by atoms with van der Waals surface area (Å²) in [6.45, 7) is 6.77. The number of rotatable bonds is 8. The molecular formula is C22H23Cl3N4OS. The molecule has 1 N–H and O–H groups in total. The highest BCUT2D eigenvalue weighted by atomic mass is 35.5. The number of thioether (sulfide) groups is 1. The van der Waals surface area contributed by atoms with Crippen LogP contribution in [0, 0.1) is 5.92 Å². The molecule has 1 atom stereocenters. The van der Waals surface area contributed by atoms with Gasteiger partial charge in [-0.05, 0) is 42.7 Å². The topological polar surface area (TPSA) is 59.8 Å². The van der Waals surface area contributed by atoms with Crippen molar-refractivity contribution in [2.75, 3.05) is 0 Å². The molecule has 0 fully saturated rings. The Morgan fingerprint density at radius 1 is 1.10 bits per heavy atom. The lowest BCUT2D eigenvalue weighted by molar-refractivity contribution is 0.0922. The number of aromatic nitrogens is 3. The van der Waals surface area contributed by atoms with Gasteiger partial charge in [0.1, 0.15) is 0 Å². The van der Waals surface area contributed by atoms with Gasteiger partial charge < -0.3 is 9.88 Å². The van der Waals surface area contributed by atoms with Crippen LogP contribution in [0.25, 0.3) is 0 Å². The first kappa shape index (κ1) is 23.9. The maximum absolute atomic E-state index is 12.9. The SMILES string of the molecule is CCn1c(SCc2ccc(Cl)cc2Cl)nnc1[C@H](NC(=O)c1ccccc1Cl)C(C)C. The van der Waals surface area contributed by atoms with Gasteiger partial charge in [-0.3, -0.25) is 4.79 Å². The normalized spacial score (nSPS) is 12.2. The average molecular weight is 498 g/mol. The highest BCUT2D eigenvalue weighted by Gasteiger charge is 2.26. The third kappa shape index (κ3) is 5.75. The van der Waals surface area contributed by atoms with Crippen LogP contribution >= 0.6 is 46.6 Å². The number of hydrogen-bond acceptors (Lipinski definition) is 4. The molecule has 164 valence electrons. The molecule has 1 heterocycles. The van der Waals surface area contributed by atoms with Crippen LogP contribution < -0.4 is 5.32 Å². The maximum atomic E-state index is 12.9. The predicted octanol–water partition coefficient (Wildman–Crippen LogP) is 6.68. The molecule has 0 spiro atoms. The molecule has 2 aromatic carbocycles. The summed E-state index contributed by atoms with van der Waals surface area (Å²) in [6.07, 6.45) is 0. The molecule has 1 aromatic heterocycles. The zero-order valence-electron chi connectivity index (χ0n) is 17.4. The zero-order chi connectivity index (χ0) is 22.5. The Bertz CT molecular complexity index is 1070. The van der Waals surface area contributed by atoms with Crippen molar-refractivity contribution in [2.45, 2.75) is 44.3 Å². The molecule has 3 rings (SSSR count). The fourth-order valence-electron chi connectivity index (χ4n) is 3.11. The standard InChI is InChI=1S/C22H23Cl3N4OS/c1-4-29-20(19(13(2)3)26-21(30)16-7-5-6-8-17(16)24)27-28-22(29)31-12-14-9-10-15(23)11-18(14)25/h5-11,13,19H,4,12H2,1-3H3,(H,26,30)/t19-/m1/s1. The van der Waals surface area contributed by atoms with Crippen molar-refractivity contribution in [3.05, 3.63) is 74.5 Å². The monoisotopic (exact) mass is 496 g/mol. The van der Waals surface area contributed by atoms with Gasteiger partial charge in [0.2, 0.25) is 0 Å². The molecule has 3 aromatic rings. The lowest BCUT2D eigenvalue weighted by atomic mass is 10.0. The van der Waals surface area contributed by atoms with Gasteiger partial charge in [-0.2, -0.15) is 0 Å². The second-order valence-electron chi connectivity index (χ2n) is 7.28. The molecule has 0 saturated heterocycles. The van der Waals surface area contributed by atoms with Crippen molar-refractivity contribution in [2.24, 2.45) is 5.92 Å². The van der Waals surface area contributed by atoms with Gasteiger partial charge in [-0.1, -0.05) is 78.6 Å². The van der Waals surface area contributed by atoms with Crippen molar-refractivity contribution in [3.8, 4) is 0 Å². The number of amides is 1. The predicted molar refractivity (Wildman–Crippen MR) is 128 cm³/mol. The first-order valence-corrected chi connectivity index (χ1v) is 12.0. The van der Waals surface area contributed by atoms with Gasteiger partial charge in [0.15, 0.2) is 11.0 Å². The Balaban J connectivity index is 1.82. The molecule has 9 heteroatoms. The van der Waals surface area contributed by atoms with E-state index < -0.39 is 0 Å². The fourth-order valence-corrected chi connectivity index (χ4v) is 4.90. The number of halogens is 3. The van der Waals surface area contributed by atoms with Crippen LogP contribution in [-0.4, -0.2) is 20.7 Å². The number of nitrogens with zero attached hydrogens (tertiary/aromatic N) is 3. The summed E-state index contributed by atoms with van der Waals surface area (Å²) in [4.78, 5) is 12.9. The molecule has 0 bridgehead atoms. The van der Waals surface area contributed by atoms with Gasteiger partial charge in [0.05, 0.1) is 16.6 Å². The third-order valence-electron chi connectivity index (χ3n) is 4.78. The highest BCUT2D eigenvalue weighted by molar-refractivity contribution is 7.98. The van der Waals surface area contributed by atoms with E-state index in [1.165, 1.54) is 0 Å². The lowest BCUT2D eigenvalue weighted by Gasteiger charge is -2.22. The van der Waals surface area contributed by atoms with E-state index in [4.69, 9.17) is 34.8 Å². The average Bonchev–Trinajstić information content (AvgIpc) is 3.13. The Kier molecular flexibility index (Phi) is 8.28. The van der Waals surface area contributed by atoms with E-state index in [0.717, 1.165) is 10.7 Å². The smallest absolute Gasteiger partial charge is 0.253 e. The van der Waals surface area contributed by atoms with Crippen LogP contribution in [0.5, 0.6) is 0 Å².